The lowest BCUT2D eigenvalue weighted by atomic mass is 10.3. The normalized spacial score (nSPS) is 11.6. The lowest BCUT2D eigenvalue weighted by Gasteiger charge is -2.09. The number of aryl methyl sites for hydroxylation is 1. The topological polar surface area (TPSA) is 95.1 Å². The Labute approximate surface area is 113 Å². The minimum atomic E-state index is -4.19. The highest BCUT2D eigenvalue weighted by atomic mass is 32.2. The summed E-state index contributed by atoms with van der Waals surface area (Å²) in [6, 6.07) is 2.40. The summed E-state index contributed by atoms with van der Waals surface area (Å²) in [4.78, 5) is -0.288. The summed E-state index contributed by atoms with van der Waals surface area (Å²) in [5.74, 6) is -1.70. The summed E-state index contributed by atoms with van der Waals surface area (Å²) >= 11 is 0. The predicted molar refractivity (Wildman–Crippen MR) is 66.4 cm³/mol. The number of nitrogens with zero attached hydrogens (tertiary/aromatic N) is 1. The van der Waals surface area contributed by atoms with E-state index in [1.807, 2.05) is 4.72 Å². The molecule has 0 aliphatic carbocycles. The van der Waals surface area contributed by atoms with Gasteiger partial charge in [0.05, 0.1) is 18.0 Å². The van der Waals surface area contributed by atoms with E-state index < -0.39 is 34.0 Å². The van der Waals surface area contributed by atoms with E-state index in [4.69, 9.17) is 5.11 Å². The van der Waals surface area contributed by atoms with Crippen LogP contribution in [-0.2, 0) is 16.6 Å². The third-order valence-corrected chi connectivity index (χ3v) is 4.12. The number of aromatic amines is 1. The van der Waals surface area contributed by atoms with Crippen molar-refractivity contribution in [2.24, 2.45) is 0 Å². The van der Waals surface area contributed by atoms with Crippen molar-refractivity contribution in [1.29, 1.82) is 0 Å². The van der Waals surface area contributed by atoms with Gasteiger partial charge in [0, 0.05) is 6.07 Å². The van der Waals surface area contributed by atoms with Crippen LogP contribution in [0.5, 0.6) is 0 Å². The van der Waals surface area contributed by atoms with E-state index in [1.54, 1.807) is 0 Å². The second-order valence-electron chi connectivity index (χ2n) is 4.01. The van der Waals surface area contributed by atoms with E-state index >= 15 is 0 Å². The predicted octanol–water partition coefficient (Wildman–Crippen LogP) is 1.29. The van der Waals surface area contributed by atoms with Gasteiger partial charge >= 0.3 is 0 Å². The Morgan fingerprint density at radius 2 is 2.10 bits per heavy atom. The van der Waals surface area contributed by atoms with Gasteiger partial charge in [-0.3, -0.25) is 9.82 Å². The minimum absolute atomic E-state index is 0.105. The van der Waals surface area contributed by atoms with Crippen LogP contribution in [0.3, 0.4) is 0 Å². The number of aromatic nitrogens is 2. The first-order valence-electron chi connectivity index (χ1n) is 5.47. The van der Waals surface area contributed by atoms with Gasteiger partial charge in [0.25, 0.3) is 10.0 Å². The van der Waals surface area contributed by atoms with Gasteiger partial charge in [-0.1, -0.05) is 0 Å². The van der Waals surface area contributed by atoms with Crippen LogP contribution in [0.25, 0.3) is 0 Å². The molecule has 0 radical (unpaired) electrons. The van der Waals surface area contributed by atoms with Crippen molar-refractivity contribution in [3.8, 4) is 0 Å². The third-order valence-electron chi connectivity index (χ3n) is 2.55. The molecule has 2 rings (SSSR count). The van der Waals surface area contributed by atoms with E-state index in [9.17, 15) is 17.2 Å². The van der Waals surface area contributed by atoms with Crippen LogP contribution in [0, 0.1) is 18.6 Å². The zero-order valence-corrected chi connectivity index (χ0v) is 11.1. The minimum Gasteiger partial charge on any atom is -0.390 e. The Kier molecular flexibility index (Phi) is 3.73. The summed E-state index contributed by atoms with van der Waals surface area (Å²) in [6.45, 7) is 0.828. The molecule has 6 nitrogen and oxygen atoms in total. The van der Waals surface area contributed by atoms with Crippen LogP contribution in [0.2, 0.25) is 0 Å². The number of nitrogens with one attached hydrogen (secondary N) is 2. The first-order chi connectivity index (χ1) is 9.35. The molecule has 9 heteroatoms. The molecule has 2 aromatic rings. The number of aliphatic hydroxyl groups excluding tert-OH is 1. The first-order valence-corrected chi connectivity index (χ1v) is 6.96. The van der Waals surface area contributed by atoms with E-state index in [0.29, 0.717) is 0 Å². The second kappa shape index (κ2) is 5.17. The Hall–Kier alpha value is -2.00. The van der Waals surface area contributed by atoms with Gasteiger partial charge in [-0.05, 0) is 19.1 Å². The number of H-pyrrole nitrogens is 1. The van der Waals surface area contributed by atoms with Crippen LogP contribution in [0.4, 0.5) is 14.5 Å². The molecule has 0 spiro atoms. The summed E-state index contributed by atoms with van der Waals surface area (Å²) < 4.78 is 52.7. The third kappa shape index (κ3) is 2.63. The molecular weight excluding hydrogens is 292 g/mol. The Balaban J connectivity index is 2.46. The SMILES string of the molecule is Cc1[nH]nc(CO)c1S(=O)(=O)Nc1cc(F)ccc1F. The lowest BCUT2D eigenvalue weighted by Crippen LogP contribution is -2.16. The highest BCUT2D eigenvalue weighted by molar-refractivity contribution is 7.92. The van der Waals surface area contributed by atoms with Crippen LogP contribution in [-0.4, -0.2) is 23.7 Å². The molecule has 0 saturated carbocycles. The maximum Gasteiger partial charge on any atom is 0.265 e. The van der Waals surface area contributed by atoms with Gasteiger partial charge in [-0.2, -0.15) is 5.10 Å². The fourth-order valence-corrected chi connectivity index (χ4v) is 3.12. The van der Waals surface area contributed by atoms with Crippen molar-refractivity contribution in [1.82, 2.24) is 10.2 Å². The number of hydrogen-bond acceptors (Lipinski definition) is 4. The molecule has 0 fully saturated rings. The molecule has 0 atom stereocenters. The van der Waals surface area contributed by atoms with Crippen LogP contribution < -0.4 is 4.72 Å². The van der Waals surface area contributed by atoms with Gasteiger partial charge in [0.15, 0.2) is 0 Å². The molecule has 0 saturated heterocycles. The standard InChI is InChI=1S/C11H11F2N3O3S/c1-6-11(10(5-17)15-14-6)20(18,19)16-9-4-7(12)2-3-8(9)13/h2-4,16-17H,5H2,1H3,(H,14,15). The van der Waals surface area contributed by atoms with E-state index in [-0.39, 0.29) is 16.3 Å². The fraction of sp³-hybridized carbons (Fsp3) is 0.182. The van der Waals surface area contributed by atoms with Crippen molar-refractivity contribution in [3.63, 3.8) is 0 Å². The smallest absolute Gasteiger partial charge is 0.265 e. The van der Waals surface area contributed by atoms with Crippen molar-refractivity contribution in [2.45, 2.75) is 18.4 Å². The van der Waals surface area contributed by atoms with Gasteiger partial charge < -0.3 is 5.11 Å². The molecule has 20 heavy (non-hydrogen) atoms. The summed E-state index contributed by atoms with van der Waals surface area (Å²) in [5, 5.41) is 15.1. The van der Waals surface area contributed by atoms with Gasteiger partial charge in [-0.15, -0.1) is 0 Å². The molecule has 0 bridgehead atoms. The monoisotopic (exact) mass is 303 g/mol. The van der Waals surface area contributed by atoms with Crippen LogP contribution in [0.1, 0.15) is 11.4 Å². The molecule has 0 amide bonds. The molecule has 1 heterocycles. The van der Waals surface area contributed by atoms with Crippen molar-refractivity contribution in [2.75, 3.05) is 4.72 Å². The van der Waals surface area contributed by atoms with Crippen molar-refractivity contribution >= 4 is 15.7 Å². The quantitative estimate of drug-likeness (QED) is 0.793. The van der Waals surface area contributed by atoms with E-state index in [1.165, 1.54) is 6.92 Å². The number of rotatable bonds is 4. The zero-order valence-electron chi connectivity index (χ0n) is 10.3. The van der Waals surface area contributed by atoms with E-state index in [2.05, 4.69) is 10.2 Å². The first kappa shape index (κ1) is 14.4. The zero-order chi connectivity index (χ0) is 14.9. The fourth-order valence-electron chi connectivity index (χ4n) is 1.70. The molecule has 108 valence electrons. The molecule has 3 N–H and O–H groups in total. The lowest BCUT2D eigenvalue weighted by molar-refractivity contribution is 0.273. The summed E-state index contributed by atoms with van der Waals surface area (Å²) in [5.41, 5.74) is -0.445. The maximum absolute atomic E-state index is 13.5. The number of hydrogen-bond donors (Lipinski definition) is 3. The average molecular weight is 303 g/mol. The molecule has 1 aromatic heterocycles. The number of aliphatic hydroxyl groups is 1. The van der Waals surface area contributed by atoms with Crippen LogP contribution >= 0.6 is 0 Å². The summed E-state index contributed by atoms with van der Waals surface area (Å²) in [7, 11) is -4.19. The van der Waals surface area contributed by atoms with Gasteiger partial charge in [0.1, 0.15) is 22.2 Å². The number of halogens is 2. The van der Waals surface area contributed by atoms with Gasteiger partial charge in [-0.25, -0.2) is 17.2 Å². The van der Waals surface area contributed by atoms with Crippen molar-refractivity contribution < 1.29 is 22.3 Å². The molecule has 0 unspecified atom stereocenters. The Morgan fingerprint density at radius 3 is 2.75 bits per heavy atom. The van der Waals surface area contributed by atoms with Crippen LogP contribution in [0.15, 0.2) is 23.1 Å². The summed E-state index contributed by atoms with van der Waals surface area (Å²) in [6.07, 6.45) is 0. The Bertz CT molecular complexity index is 743. The van der Waals surface area contributed by atoms with E-state index in [0.717, 1.165) is 18.2 Å². The number of anilines is 1. The number of benzene rings is 1. The molecule has 1 aromatic carbocycles. The number of sulfonamides is 1. The second-order valence-corrected chi connectivity index (χ2v) is 5.63. The average Bonchev–Trinajstić information content (AvgIpc) is 2.75. The Morgan fingerprint density at radius 1 is 1.40 bits per heavy atom. The van der Waals surface area contributed by atoms with Crippen molar-refractivity contribution in [3.05, 3.63) is 41.2 Å². The molecular formula is C11H11F2N3O3S. The highest BCUT2D eigenvalue weighted by Crippen LogP contribution is 2.23. The van der Waals surface area contributed by atoms with Gasteiger partial charge in [0.2, 0.25) is 0 Å². The largest absolute Gasteiger partial charge is 0.390 e. The highest BCUT2D eigenvalue weighted by Gasteiger charge is 2.25. The maximum atomic E-state index is 13.5. The molecule has 0 aliphatic rings. The molecule has 0 aliphatic heterocycles.